The topological polar surface area (TPSA) is 86.2 Å². The average Bonchev–Trinajstić information content (AvgIpc) is 2.86. The number of rotatable bonds is 6. The molecule has 24 heavy (non-hydrogen) atoms. The number of nitrogens with zero attached hydrogens (tertiary/aromatic N) is 3. The van der Waals surface area contributed by atoms with E-state index < -0.39 is 5.60 Å². The molecule has 0 saturated carbocycles. The van der Waals surface area contributed by atoms with Gasteiger partial charge in [-0.1, -0.05) is 18.2 Å². The van der Waals surface area contributed by atoms with Crippen molar-refractivity contribution in [3.8, 4) is 0 Å². The minimum Gasteiger partial charge on any atom is -0.389 e. The van der Waals surface area contributed by atoms with Crippen LogP contribution in [-0.4, -0.2) is 38.5 Å². The molecule has 0 aliphatic rings. The molecule has 6 heteroatoms. The number of aliphatic hydroxyl groups is 1. The fraction of sp³-hybridized carbons (Fsp3) is 0.444. The normalized spacial score (nSPS) is 12.3. The van der Waals surface area contributed by atoms with E-state index in [1.54, 1.807) is 13.8 Å². The lowest BCUT2D eigenvalue weighted by Gasteiger charge is -2.20. The fourth-order valence-corrected chi connectivity index (χ4v) is 2.96. The number of benzene rings is 1. The minimum absolute atomic E-state index is 0.413. The first-order valence-electron chi connectivity index (χ1n) is 8.24. The van der Waals surface area contributed by atoms with Crippen LogP contribution >= 0.6 is 0 Å². The van der Waals surface area contributed by atoms with Gasteiger partial charge in [0, 0.05) is 18.4 Å². The highest BCUT2D eigenvalue weighted by molar-refractivity contribution is 6.06. The van der Waals surface area contributed by atoms with Gasteiger partial charge in [0.2, 0.25) is 0 Å². The lowest BCUT2D eigenvalue weighted by atomic mass is 10.1. The number of anilines is 1. The molecule has 0 aliphatic carbocycles. The fourth-order valence-electron chi connectivity index (χ4n) is 2.96. The highest BCUT2D eigenvalue weighted by Crippen LogP contribution is 2.30. The van der Waals surface area contributed by atoms with Crippen LogP contribution in [0, 0.1) is 0 Å². The van der Waals surface area contributed by atoms with Gasteiger partial charge in [0.1, 0.15) is 11.3 Å². The van der Waals surface area contributed by atoms with Crippen LogP contribution in [0.4, 0.5) is 5.82 Å². The highest BCUT2D eigenvalue weighted by Gasteiger charge is 2.22. The zero-order chi connectivity index (χ0) is 17.3. The van der Waals surface area contributed by atoms with Gasteiger partial charge in [0.05, 0.1) is 29.8 Å². The Kier molecular flexibility index (Phi) is 4.43. The summed E-state index contributed by atoms with van der Waals surface area (Å²) in [6, 6.07) is 7.86. The van der Waals surface area contributed by atoms with Gasteiger partial charge in [-0.05, 0) is 26.8 Å². The molecule has 3 N–H and O–H groups in total. The number of aromatic nitrogens is 3. The zero-order valence-corrected chi connectivity index (χ0v) is 14.4. The summed E-state index contributed by atoms with van der Waals surface area (Å²) in [6.45, 7) is 7.22. The van der Waals surface area contributed by atoms with E-state index in [1.807, 2.05) is 31.2 Å². The van der Waals surface area contributed by atoms with E-state index in [2.05, 4.69) is 9.55 Å². The van der Waals surface area contributed by atoms with Gasteiger partial charge in [-0.15, -0.1) is 0 Å². The third kappa shape index (κ3) is 3.20. The number of hydrogen-bond acceptors (Lipinski definition) is 5. The molecule has 0 unspecified atom stereocenters. The first-order valence-corrected chi connectivity index (χ1v) is 8.24. The van der Waals surface area contributed by atoms with Crippen molar-refractivity contribution in [3.63, 3.8) is 0 Å². The molecule has 128 valence electrons. The number of nitrogen functional groups attached to an aromatic ring is 1. The van der Waals surface area contributed by atoms with E-state index in [0.717, 1.165) is 22.2 Å². The second-order valence-electron chi connectivity index (χ2n) is 6.58. The predicted octanol–water partition coefficient (Wildman–Crippen LogP) is 2.52. The first kappa shape index (κ1) is 16.7. The van der Waals surface area contributed by atoms with Crippen molar-refractivity contribution in [2.24, 2.45) is 0 Å². The van der Waals surface area contributed by atoms with E-state index >= 15 is 0 Å². The van der Waals surface area contributed by atoms with Crippen molar-refractivity contribution in [1.82, 2.24) is 14.5 Å². The summed E-state index contributed by atoms with van der Waals surface area (Å²) in [4.78, 5) is 9.16. The second-order valence-corrected chi connectivity index (χ2v) is 6.58. The lowest BCUT2D eigenvalue weighted by molar-refractivity contribution is 0.0612. The Bertz CT molecular complexity index is 865. The van der Waals surface area contributed by atoms with Crippen LogP contribution in [-0.2, 0) is 17.7 Å². The summed E-state index contributed by atoms with van der Waals surface area (Å²) < 4.78 is 7.52. The third-order valence-electron chi connectivity index (χ3n) is 3.91. The van der Waals surface area contributed by atoms with E-state index in [1.165, 1.54) is 0 Å². The van der Waals surface area contributed by atoms with Gasteiger partial charge in [-0.25, -0.2) is 9.97 Å². The Morgan fingerprint density at radius 2 is 2.00 bits per heavy atom. The number of nitrogens with two attached hydrogens (primary N) is 1. The van der Waals surface area contributed by atoms with Crippen molar-refractivity contribution >= 4 is 27.8 Å². The highest BCUT2D eigenvalue weighted by atomic mass is 16.5. The summed E-state index contributed by atoms with van der Waals surface area (Å²) in [5.74, 6) is 1.27. The molecule has 0 spiro atoms. The van der Waals surface area contributed by atoms with E-state index in [0.29, 0.717) is 37.5 Å². The maximum absolute atomic E-state index is 10.4. The molecule has 6 nitrogen and oxygen atoms in total. The third-order valence-corrected chi connectivity index (χ3v) is 3.91. The van der Waals surface area contributed by atoms with Gasteiger partial charge in [0.15, 0.2) is 5.82 Å². The molecule has 3 aromatic rings. The van der Waals surface area contributed by atoms with Crippen LogP contribution in [0.1, 0.15) is 26.6 Å². The molecule has 0 atom stereocenters. The van der Waals surface area contributed by atoms with Crippen LogP contribution in [0.2, 0.25) is 0 Å². The van der Waals surface area contributed by atoms with Gasteiger partial charge in [-0.3, -0.25) is 0 Å². The Morgan fingerprint density at radius 1 is 1.25 bits per heavy atom. The van der Waals surface area contributed by atoms with Crippen LogP contribution in [0.3, 0.4) is 0 Å². The van der Waals surface area contributed by atoms with Gasteiger partial charge < -0.3 is 20.1 Å². The van der Waals surface area contributed by atoms with E-state index in [4.69, 9.17) is 15.5 Å². The van der Waals surface area contributed by atoms with Gasteiger partial charge >= 0.3 is 0 Å². The quantitative estimate of drug-likeness (QED) is 0.679. The zero-order valence-electron chi connectivity index (χ0n) is 14.4. The number of para-hydroxylation sites is 1. The van der Waals surface area contributed by atoms with Crippen LogP contribution < -0.4 is 5.73 Å². The molecular weight excluding hydrogens is 304 g/mol. The molecule has 0 amide bonds. The molecular formula is C18H24N4O2. The van der Waals surface area contributed by atoms with Crippen molar-refractivity contribution in [3.05, 3.63) is 30.1 Å². The van der Waals surface area contributed by atoms with Crippen molar-refractivity contribution in [1.29, 1.82) is 0 Å². The van der Waals surface area contributed by atoms with Crippen LogP contribution in [0.15, 0.2) is 24.3 Å². The SMILES string of the molecule is CCOCCc1nc2c(N)nc3ccccc3c2n1CC(C)(C)O. The van der Waals surface area contributed by atoms with Crippen LogP contribution in [0.5, 0.6) is 0 Å². The van der Waals surface area contributed by atoms with E-state index in [-0.39, 0.29) is 0 Å². The molecule has 0 bridgehead atoms. The molecule has 2 heterocycles. The molecule has 2 aromatic heterocycles. The molecule has 0 fully saturated rings. The largest absolute Gasteiger partial charge is 0.389 e. The number of pyridine rings is 1. The molecule has 0 aliphatic heterocycles. The Morgan fingerprint density at radius 3 is 2.71 bits per heavy atom. The molecule has 0 saturated heterocycles. The van der Waals surface area contributed by atoms with Crippen LogP contribution in [0.25, 0.3) is 21.9 Å². The first-order chi connectivity index (χ1) is 11.4. The number of ether oxygens (including phenoxy) is 1. The van der Waals surface area contributed by atoms with Crippen molar-refractivity contribution in [2.75, 3.05) is 18.9 Å². The smallest absolute Gasteiger partial charge is 0.152 e. The maximum Gasteiger partial charge on any atom is 0.152 e. The molecule has 1 aromatic carbocycles. The van der Waals surface area contributed by atoms with Gasteiger partial charge in [-0.2, -0.15) is 0 Å². The summed E-state index contributed by atoms with van der Waals surface area (Å²) >= 11 is 0. The minimum atomic E-state index is -0.868. The Hall–Kier alpha value is -2.18. The number of fused-ring (bicyclic) bond motifs is 3. The maximum atomic E-state index is 10.4. The summed E-state index contributed by atoms with van der Waals surface area (Å²) in [5, 5.41) is 11.3. The van der Waals surface area contributed by atoms with Crippen molar-refractivity contribution in [2.45, 2.75) is 39.3 Å². The predicted molar refractivity (Wildman–Crippen MR) is 95.9 cm³/mol. The summed E-state index contributed by atoms with van der Waals surface area (Å²) in [7, 11) is 0. The summed E-state index contributed by atoms with van der Waals surface area (Å²) in [6.07, 6.45) is 0.659. The lowest BCUT2D eigenvalue weighted by Crippen LogP contribution is -2.27. The molecule has 0 radical (unpaired) electrons. The summed E-state index contributed by atoms with van der Waals surface area (Å²) in [5.41, 5.74) is 7.71. The monoisotopic (exact) mass is 328 g/mol. The van der Waals surface area contributed by atoms with E-state index in [9.17, 15) is 5.11 Å². The Balaban J connectivity index is 2.24. The number of hydrogen-bond donors (Lipinski definition) is 2. The Labute approximate surface area is 141 Å². The second kappa shape index (κ2) is 6.37. The average molecular weight is 328 g/mol. The molecule has 3 rings (SSSR count). The van der Waals surface area contributed by atoms with Crippen molar-refractivity contribution < 1.29 is 9.84 Å². The van der Waals surface area contributed by atoms with Gasteiger partial charge in [0.25, 0.3) is 0 Å². The number of imidazole rings is 1. The standard InChI is InChI=1S/C18H24N4O2/c1-4-24-10-9-14-21-15-16(22(14)11-18(2,3)23)12-7-5-6-8-13(12)20-17(15)19/h5-8,23H,4,9-11H2,1-3H3,(H2,19,20).